The number of fused-ring (bicyclic) bond motifs is 4. The fraction of sp³-hybridized carbons (Fsp3) is 0.800. The highest BCUT2D eigenvalue weighted by Crippen LogP contribution is 2.38. The van der Waals surface area contributed by atoms with Gasteiger partial charge in [0, 0.05) is 25.6 Å². The van der Waals surface area contributed by atoms with Crippen molar-refractivity contribution in [2.75, 3.05) is 19.6 Å². The van der Waals surface area contributed by atoms with E-state index in [0.29, 0.717) is 24.6 Å². The van der Waals surface area contributed by atoms with Crippen LogP contribution in [0.25, 0.3) is 0 Å². The van der Waals surface area contributed by atoms with Gasteiger partial charge in [-0.1, -0.05) is 0 Å². The third-order valence-corrected chi connectivity index (χ3v) is 4.46. The maximum atomic E-state index is 12.2. The normalized spacial score (nSPS) is 33.1. The van der Waals surface area contributed by atoms with E-state index in [1.165, 1.54) is 4.90 Å². The topological polar surface area (TPSA) is 107 Å². The molecule has 3 saturated heterocycles. The van der Waals surface area contributed by atoms with Crippen LogP contribution < -0.4 is 0 Å². The van der Waals surface area contributed by atoms with Crippen molar-refractivity contribution in [1.29, 1.82) is 0 Å². The molecule has 3 heterocycles. The summed E-state index contributed by atoms with van der Waals surface area (Å²) in [6.07, 6.45) is 0.477. The van der Waals surface area contributed by atoms with E-state index >= 15 is 0 Å². The second-order valence-electron chi connectivity index (χ2n) is 5.23. The minimum atomic E-state index is -4.75. The number of piperidine rings is 1. The van der Waals surface area contributed by atoms with Gasteiger partial charge in [0.05, 0.1) is 6.04 Å². The summed E-state index contributed by atoms with van der Waals surface area (Å²) in [5, 5.41) is 0.664. The molecule has 3 aliphatic rings. The fourth-order valence-electron chi connectivity index (χ4n) is 3.35. The summed E-state index contributed by atoms with van der Waals surface area (Å²) in [5.41, 5.74) is 0. The summed E-state index contributed by atoms with van der Waals surface area (Å²) >= 11 is 0. The van der Waals surface area contributed by atoms with Crippen LogP contribution in [0.2, 0.25) is 0 Å². The first kappa shape index (κ1) is 13.6. The number of likely N-dealkylation sites (tertiary alicyclic amines) is 1. The third-order valence-electron chi connectivity index (χ3n) is 4.11. The Morgan fingerprint density at radius 3 is 2.65 bits per heavy atom. The average molecular weight is 305 g/mol. The van der Waals surface area contributed by atoms with Gasteiger partial charge in [-0.3, -0.25) is 9.35 Å². The Balaban J connectivity index is 1.85. The monoisotopic (exact) mass is 305 g/mol. The molecule has 0 aromatic carbocycles. The van der Waals surface area contributed by atoms with Gasteiger partial charge in [-0.2, -0.15) is 13.5 Å². The number of urea groups is 1. The number of amides is 3. The SMILES string of the molecule is CCN1C[C@@H]2C[C@@H]3CN(C(=O)N3OS(=O)(=O)O)[C@@H]2C1=O. The molecule has 0 spiro atoms. The highest BCUT2D eigenvalue weighted by atomic mass is 32.3. The number of hydrogen-bond acceptors (Lipinski definition) is 5. The molecule has 0 aromatic rings. The van der Waals surface area contributed by atoms with E-state index < -0.39 is 28.5 Å². The van der Waals surface area contributed by atoms with Crippen LogP contribution >= 0.6 is 0 Å². The van der Waals surface area contributed by atoms with Gasteiger partial charge in [0.2, 0.25) is 5.91 Å². The standard InChI is InChI=1S/C10H15N3O6S/c1-2-11-4-6-3-7-5-12(8(6)9(11)14)10(15)13(7)19-20(16,17)18/h6-8H,2-5H2,1H3,(H,16,17,18)/t6-,7+,8-/m0/s1. The lowest BCUT2D eigenvalue weighted by molar-refractivity contribution is -0.131. The molecule has 3 fully saturated rings. The Hall–Kier alpha value is -1.39. The van der Waals surface area contributed by atoms with E-state index in [2.05, 4.69) is 4.28 Å². The summed E-state index contributed by atoms with van der Waals surface area (Å²) < 4.78 is 34.6. The molecule has 3 aliphatic heterocycles. The molecule has 10 heteroatoms. The lowest BCUT2D eigenvalue weighted by Crippen LogP contribution is -2.48. The molecule has 0 aromatic heterocycles. The van der Waals surface area contributed by atoms with E-state index in [1.807, 2.05) is 6.92 Å². The number of carbonyl (C=O) groups is 2. The second-order valence-corrected chi connectivity index (χ2v) is 6.24. The zero-order valence-electron chi connectivity index (χ0n) is 10.8. The number of nitrogens with zero attached hydrogens (tertiary/aromatic N) is 3. The zero-order chi connectivity index (χ0) is 14.7. The Labute approximate surface area is 116 Å². The second kappa shape index (κ2) is 4.30. The highest BCUT2D eigenvalue weighted by Gasteiger charge is 2.56. The van der Waals surface area contributed by atoms with Crippen molar-refractivity contribution in [2.24, 2.45) is 5.92 Å². The Kier molecular flexibility index (Phi) is 2.92. The van der Waals surface area contributed by atoms with Crippen molar-refractivity contribution in [3.8, 4) is 0 Å². The largest absolute Gasteiger partial charge is 0.418 e. The lowest BCUT2D eigenvalue weighted by Gasteiger charge is -2.30. The zero-order valence-corrected chi connectivity index (χ0v) is 11.6. The highest BCUT2D eigenvalue weighted by molar-refractivity contribution is 7.80. The van der Waals surface area contributed by atoms with E-state index in [4.69, 9.17) is 4.55 Å². The van der Waals surface area contributed by atoms with Gasteiger partial charge in [-0.05, 0) is 13.3 Å². The summed E-state index contributed by atoms with van der Waals surface area (Å²) in [7, 11) is -4.75. The summed E-state index contributed by atoms with van der Waals surface area (Å²) in [4.78, 5) is 27.4. The Morgan fingerprint density at radius 2 is 2.05 bits per heavy atom. The van der Waals surface area contributed by atoms with Gasteiger partial charge >= 0.3 is 16.4 Å². The van der Waals surface area contributed by atoms with Crippen LogP contribution in [0.4, 0.5) is 4.79 Å². The van der Waals surface area contributed by atoms with E-state index in [-0.39, 0.29) is 18.4 Å². The minimum absolute atomic E-state index is 0.0276. The molecule has 112 valence electrons. The Morgan fingerprint density at radius 1 is 1.35 bits per heavy atom. The molecule has 0 saturated carbocycles. The molecule has 3 atom stereocenters. The van der Waals surface area contributed by atoms with Gasteiger partial charge in [-0.25, -0.2) is 4.79 Å². The molecule has 3 amide bonds. The van der Waals surface area contributed by atoms with E-state index in [0.717, 1.165) is 0 Å². The number of likely N-dealkylation sites (N-methyl/N-ethyl adjacent to an activating group) is 1. The van der Waals surface area contributed by atoms with Crippen molar-refractivity contribution in [2.45, 2.75) is 25.4 Å². The molecule has 3 rings (SSSR count). The lowest BCUT2D eigenvalue weighted by atomic mass is 9.91. The van der Waals surface area contributed by atoms with Gasteiger partial charge in [0.25, 0.3) is 0 Å². The molecule has 0 aliphatic carbocycles. The van der Waals surface area contributed by atoms with Crippen LogP contribution in [-0.4, -0.2) is 71.5 Å². The van der Waals surface area contributed by atoms with Gasteiger partial charge in [0.15, 0.2) is 0 Å². The molecule has 1 N–H and O–H groups in total. The molecular formula is C10H15N3O6S. The van der Waals surface area contributed by atoms with Gasteiger partial charge in [-0.15, -0.1) is 4.28 Å². The van der Waals surface area contributed by atoms with Gasteiger partial charge in [0.1, 0.15) is 6.04 Å². The summed E-state index contributed by atoms with van der Waals surface area (Å²) in [5.74, 6) is -0.141. The van der Waals surface area contributed by atoms with Crippen molar-refractivity contribution < 1.29 is 26.8 Å². The molecule has 0 radical (unpaired) electrons. The summed E-state index contributed by atoms with van der Waals surface area (Å²) in [6.45, 7) is 3.25. The van der Waals surface area contributed by atoms with E-state index in [9.17, 15) is 18.0 Å². The van der Waals surface area contributed by atoms with Crippen molar-refractivity contribution in [3.05, 3.63) is 0 Å². The van der Waals surface area contributed by atoms with Crippen molar-refractivity contribution >= 4 is 22.3 Å². The number of rotatable bonds is 3. The first-order valence-corrected chi connectivity index (χ1v) is 7.74. The number of hydroxylamine groups is 2. The van der Waals surface area contributed by atoms with Crippen LogP contribution in [0.1, 0.15) is 13.3 Å². The van der Waals surface area contributed by atoms with E-state index in [1.54, 1.807) is 4.90 Å². The van der Waals surface area contributed by atoms with Crippen LogP contribution in [0.3, 0.4) is 0 Å². The predicted molar refractivity (Wildman–Crippen MR) is 64.5 cm³/mol. The van der Waals surface area contributed by atoms with Crippen LogP contribution in [-0.2, 0) is 19.5 Å². The smallest absolute Gasteiger partial charge is 0.341 e. The maximum absolute atomic E-state index is 12.2. The van der Waals surface area contributed by atoms with Gasteiger partial charge < -0.3 is 9.80 Å². The van der Waals surface area contributed by atoms with Crippen molar-refractivity contribution in [1.82, 2.24) is 14.9 Å². The quantitative estimate of drug-likeness (QED) is 0.676. The molecule has 9 nitrogen and oxygen atoms in total. The summed E-state index contributed by atoms with van der Waals surface area (Å²) in [6, 6.07) is -1.70. The fourth-order valence-corrected chi connectivity index (χ4v) is 3.73. The molecule has 2 bridgehead atoms. The van der Waals surface area contributed by atoms with Crippen molar-refractivity contribution in [3.63, 3.8) is 0 Å². The first-order valence-electron chi connectivity index (χ1n) is 6.37. The Bertz CT molecular complexity index is 563. The molecule has 0 unspecified atom stereocenters. The number of hydrogen-bond donors (Lipinski definition) is 1. The maximum Gasteiger partial charge on any atom is 0.418 e. The minimum Gasteiger partial charge on any atom is -0.341 e. The van der Waals surface area contributed by atoms with Crippen LogP contribution in [0, 0.1) is 5.92 Å². The molecule has 20 heavy (non-hydrogen) atoms. The first-order chi connectivity index (χ1) is 9.31. The number of carbonyl (C=O) groups excluding carboxylic acids is 2. The van der Waals surface area contributed by atoms with Crippen LogP contribution in [0.15, 0.2) is 0 Å². The molecular weight excluding hydrogens is 290 g/mol. The van der Waals surface area contributed by atoms with Crippen LogP contribution in [0.5, 0.6) is 0 Å². The third kappa shape index (κ3) is 1.95. The predicted octanol–water partition coefficient (Wildman–Crippen LogP) is -0.922. The average Bonchev–Trinajstić information content (AvgIpc) is 2.80.